The van der Waals surface area contributed by atoms with Crippen molar-refractivity contribution in [2.75, 3.05) is 12.4 Å². The van der Waals surface area contributed by atoms with Crippen molar-refractivity contribution in [3.8, 4) is 17.1 Å². The average Bonchev–Trinajstić information content (AvgIpc) is 3.25. The molecule has 0 spiro atoms. The first-order chi connectivity index (χ1) is 16.1. The van der Waals surface area contributed by atoms with Crippen LogP contribution in [0.2, 0.25) is 0 Å². The molecule has 168 valence electrons. The number of thioether (sulfide) groups is 1. The molecule has 1 unspecified atom stereocenters. The minimum absolute atomic E-state index is 0.0290. The van der Waals surface area contributed by atoms with E-state index in [0.29, 0.717) is 28.8 Å². The summed E-state index contributed by atoms with van der Waals surface area (Å²) >= 11 is 1.42. The average molecular weight is 461 g/mol. The van der Waals surface area contributed by atoms with Gasteiger partial charge in [0.25, 0.3) is 0 Å². The molecule has 0 amide bonds. The van der Waals surface area contributed by atoms with Gasteiger partial charge in [-0.25, -0.2) is 0 Å². The summed E-state index contributed by atoms with van der Waals surface area (Å²) in [6.45, 7) is 2.22. The Labute approximate surface area is 196 Å². The van der Waals surface area contributed by atoms with Gasteiger partial charge in [0, 0.05) is 29.3 Å². The van der Waals surface area contributed by atoms with E-state index < -0.39 is 6.10 Å². The quantitative estimate of drug-likeness (QED) is 0.281. The number of pyridine rings is 1. The lowest BCUT2D eigenvalue weighted by Gasteiger charge is -2.14. The van der Waals surface area contributed by atoms with Gasteiger partial charge in [-0.3, -0.25) is 14.3 Å². The molecule has 2 aromatic heterocycles. The van der Waals surface area contributed by atoms with E-state index in [1.54, 1.807) is 36.7 Å². The van der Waals surface area contributed by atoms with Crippen molar-refractivity contribution in [1.29, 1.82) is 0 Å². The molecule has 0 aliphatic rings. The molecule has 1 atom stereocenters. The zero-order valence-corrected chi connectivity index (χ0v) is 19.0. The molecular weight excluding hydrogens is 436 g/mol. The monoisotopic (exact) mass is 460 g/mol. The molecule has 2 aromatic carbocycles. The van der Waals surface area contributed by atoms with Gasteiger partial charge in [-0.2, -0.15) is 0 Å². The van der Waals surface area contributed by atoms with Crippen molar-refractivity contribution in [1.82, 2.24) is 19.7 Å². The Hall–Kier alpha value is -3.49. The van der Waals surface area contributed by atoms with Crippen molar-refractivity contribution >= 4 is 17.5 Å². The van der Waals surface area contributed by atoms with Crippen LogP contribution >= 0.6 is 11.8 Å². The summed E-state index contributed by atoms with van der Waals surface area (Å²) in [6.07, 6.45) is 2.76. The molecule has 4 aromatic rings. The number of aliphatic hydroxyl groups is 1. The van der Waals surface area contributed by atoms with Gasteiger partial charge in [-0.05, 0) is 36.8 Å². The number of aromatic nitrogens is 4. The van der Waals surface area contributed by atoms with Crippen LogP contribution in [0.1, 0.15) is 22.8 Å². The Morgan fingerprint density at radius 1 is 1.09 bits per heavy atom. The first kappa shape index (κ1) is 22.7. The minimum Gasteiger partial charge on any atom is -0.491 e. The Morgan fingerprint density at radius 2 is 1.94 bits per heavy atom. The van der Waals surface area contributed by atoms with Crippen molar-refractivity contribution in [3.63, 3.8) is 0 Å². The topological polar surface area (TPSA) is 90.1 Å². The Morgan fingerprint density at radius 3 is 2.70 bits per heavy atom. The summed E-state index contributed by atoms with van der Waals surface area (Å²) in [5, 5.41) is 19.9. The molecule has 0 bridgehead atoms. The number of hydrogen-bond donors (Lipinski definition) is 1. The van der Waals surface area contributed by atoms with Crippen LogP contribution in [-0.2, 0) is 6.54 Å². The second-order valence-electron chi connectivity index (χ2n) is 7.48. The second-order valence-corrected chi connectivity index (χ2v) is 8.47. The molecule has 0 radical (unpaired) electrons. The predicted molar refractivity (Wildman–Crippen MR) is 127 cm³/mol. The van der Waals surface area contributed by atoms with E-state index in [1.807, 2.05) is 34.9 Å². The van der Waals surface area contributed by atoms with Crippen LogP contribution in [-0.4, -0.2) is 49.1 Å². The van der Waals surface area contributed by atoms with Crippen molar-refractivity contribution in [3.05, 3.63) is 90.3 Å². The summed E-state index contributed by atoms with van der Waals surface area (Å²) in [5.74, 6) is 1.63. The van der Waals surface area contributed by atoms with Crippen LogP contribution < -0.4 is 4.74 Å². The molecule has 0 aliphatic heterocycles. The largest absolute Gasteiger partial charge is 0.491 e. The van der Waals surface area contributed by atoms with Gasteiger partial charge in [-0.1, -0.05) is 54.2 Å². The van der Waals surface area contributed by atoms with Gasteiger partial charge in [0.1, 0.15) is 12.4 Å². The summed E-state index contributed by atoms with van der Waals surface area (Å²) in [4.78, 5) is 15.7. The van der Waals surface area contributed by atoms with Crippen LogP contribution in [0.3, 0.4) is 0 Å². The number of ether oxygens (including phenoxy) is 1. The smallest absolute Gasteiger partial charge is 0.191 e. The predicted octanol–water partition coefficient (Wildman–Crippen LogP) is 4.12. The van der Waals surface area contributed by atoms with E-state index in [0.717, 1.165) is 17.0 Å². The maximum atomic E-state index is 11.5. The van der Waals surface area contributed by atoms with Gasteiger partial charge in [0.15, 0.2) is 16.8 Å². The fourth-order valence-corrected chi connectivity index (χ4v) is 4.07. The van der Waals surface area contributed by atoms with E-state index in [2.05, 4.69) is 27.3 Å². The number of ketones is 1. The molecule has 4 rings (SSSR count). The first-order valence-electron chi connectivity index (χ1n) is 10.5. The summed E-state index contributed by atoms with van der Waals surface area (Å²) in [5.41, 5.74) is 2.58. The SMILES string of the molecule is CC(=O)c1cccc(OCC(O)CSc2nnc(-c3cccnc3)n2Cc2ccccc2)c1. The Kier molecular flexibility index (Phi) is 7.49. The van der Waals surface area contributed by atoms with Gasteiger partial charge in [0.2, 0.25) is 0 Å². The Balaban J connectivity index is 1.44. The molecule has 8 heteroatoms. The van der Waals surface area contributed by atoms with E-state index in [1.165, 1.54) is 18.7 Å². The minimum atomic E-state index is -0.722. The second kappa shape index (κ2) is 10.9. The summed E-state index contributed by atoms with van der Waals surface area (Å²) in [7, 11) is 0. The molecule has 7 nitrogen and oxygen atoms in total. The highest BCUT2D eigenvalue weighted by atomic mass is 32.2. The molecular formula is C25H24N4O3S. The lowest BCUT2D eigenvalue weighted by Crippen LogP contribution is -2.20. The highest BCUT2D eigenvalue weighted by molar-refractivity contribution is 7.99. The molecule has 0 fully saturated rings. The first-order valence-corrected chi connectivity index (χ1v) is 11.5. The third-order valence-electron chi connectivity index (χ3n) is 4.91. The number of carbonyl (C=O) groups is 1. The zero-order valence-electron chi connectivity index (χ0n) is 18.2. The zero-order chi connectivity index (χ0) is 23.0. The molecule has 2 heterocycles. The molecule has 1 N–H and O–H groups in total. The fourth-order valence-electron chi connectivity index (χ4n) is 3.23. The number of carbonyl (C=O) groups excluding carboxylic acids is 1. The number of hydrogen-bond acceptors (Lipinski definition) is 7. The molecule has 33 heavy (non-hydrogen) atoms. The van der Waals surface area contributed by atoms with Crippen molar-refractivity contribution < 1.29 is 14.6 Å². The lowest BCUT2D eigenvalue weighted by atomic mass is 10.1. The number of rotatable bonds is 10. The van der Waals surface area contributed by atoms with Gasteiger partial charge >= 0.3 is 0 Å². The summed E-state index contributed by atoms with van der Waals surface area (Å²) < 4.78 is 7.71. The maximum absolute atomic E-state index is 11.5. The Bertz CT molecular complexity index is 1200. The number of benzene rings is 2. The fraction of sp³-hybridized carbons (Fsp3) is 0.200. The standard InChI is InChI=1S/C25H24N4O3S/c1-18(30)20-9-5-11-23(13-20)32-16-22(31)17-33-25-28-27-24(21-10-6-12-26-14-21)29(25)15-19-7-3-2-4-8-19/h2-14,22,31H,15-17H2,1H3. The third-order valence-corrected chi connectivity index (χ3v) is 6.02. The molecule has 0 saturated carbocycles. The normalized spacial score (nSPS) is 11.8. The van der Waals surface area contributed by atoms with Crippen molar-refractivity contribution in [2.24, 2.45) is 0 Å². The van der Waals surface area contributed by atoms with Crippen LogP contribution in [0, 0.1) is 0 Å². The number of Topliss-reactive ketones (excluding diaryl/α,β-unsaturated/α-hetero) is 1. The highest BCUT2D eigenvalue weighted by Crippen LogP contribution is 2.25. The van der Waals surface area contributed by atoms with Crippen molar-refractivity contribution in [2.45, 2.75) is 24.7 Å². The van der Waals surface area contributed by atoms with E-state index in [4.69, 9.17) is 4.74 Å². The van der Waals surface area contributed by atoms with Crippen LogP contribution in [0.4, 0.5) is 0 Å². The van der Waals surface area contributed by atoms with Crippen LogP contribution in [0.15, 0.2) is 84.3 Å². The molecule has 0 saturated heterocycles. The molecule has 0 aliphatic carbocycles. The number of nitrogens with zero attached hydrogens (tertiary/aromatic N) is 4. The third kappa shape index (κ3) is 6.06. The van der Waals surface area contributed by atoms with E-state index in [-0.39, 0.29) is 12.4 Å². The van der Waals surface area contributed by atoms with E-state index >= 15 is 0 Å². The lowest BCUT2D eigenvalue weighted by molar-refractivity contribution is 0.101. The summed E-state index contributed by atoms with van der Waals surface area (Å²) in [6, 6.07) is 20.9. The van der Waals surface area contributed by atoms with Gasteiger partial charge < -0.3 is 9.84 Å². The number of aliphatic hydroxyl groups excluding tert-OH is 1. The van der Waals surface area contributed by atoms with Crippen LogP contribution in [0.25, 0.3) is 11.4 Å². The van der Waals surface area contributed by atoms with Crippen LogP contribution in [0.5, 0.6) is 5.75 Å². The van der Waals surface area contributed by atoms with E-state index in [9.17, 15) is 9.90 Å². The van der Waals surface area contributed by atoms with Gasteiger partial charge in [0.05, 0.1) is 12.6 Å². The van der Waals surface area contributed by atoms with Gasteiger partial charge in [-0.15, -0.1) is 10.2 Å². The maximum Gasteiger partial charge on any atom is 0.191 e. The highest BCUT2D eigenvalue weighted by Gasteiger charge is 2.17.